The van der Waals surface area contributed by atoms with E-state index in [4.69, 9.17) is 0 Å². The van der Waals surface area contributed by atoms with Crippen LogP contribution in [0.1, 0.15) is 78.1 Å². The van der Waals surface area contributed by atoms with Crippen LogP contribution in [-0.2, 0) is 0 Å². The van der Waals surface area contributed by atoms with Gasteiger partial charge in [0.1, 0.15) is 0 Å². The van der Waals surface area contributed by atoms with Crippen LogP contribution in [0.5, 0.6) is 0 Å². The number of unbranched alkanes of at least 4 members (excludes halogenated alkanes) is 8. The van der Waals surface area contributed by atoms with Crippen LogP contribution in [0.15, 0.2) is 18.2 Å². The summed E-state index contributed by atoms with van der Waals surface area (Å²) in [6.45, 7) is 4.39. The van der Waals surface area contributed by atoms with Gasteiger partial charge in [0.25, 0.3) is 0 Å². The van der Waals surface area contributed by atoms with Crippen molar-refractivity contribution < 1.29 is 0 Å². The fraction of sp³-hybridized carbons (Fsp3) is 0.750. The molecule has 0 unspecified atom stereocenters. The lowest BCUT2D eigenvalue weighted by atomic mass is 10.1. The lowest BCUT2D eigenvalue weighted by Gasteiger charge is -1.99. The Balaban J connectivity index is 3.03. The van der Waals surface area contributed by atoms with Crippen LogP contribution < -0.4 is 0 Å². The maximum absolute atomic E-state index is 3.17. The van der Waals surface area contributed by atoms with Crippen molar-refractivity contribution in [3.05, 3.63) is 24.3 Å². The van der Waals surface area contributed by atoms with Crippen molar-refractivity contribution in [2.45, 2.75) is 78.1 Å². The molecule has 0 saturated heterocycles. The normalized spacial score (nSPS) is 11.9. The lowest BCUT2D eigenvalue weighted by molar-refractivity contribution is 0.577. The zero-order valence-corrected chi connectivity index (χ0v) is 11.3. The minimum Gasteiger partial charge on any atom is -0.0845 e. The third-order valence-electron chi connectivity index (χ3n) is 2.78. The monoisotopic (exact) mass is 221 g/mol. The minimum atomic E-state index is 1.02. The Morgan fingerprint density at radius 1 is 0.812 bits per heavy atom. The zero-order chi connectivity index (χ0) is 11.9. The quantitative estimate of drug-likeness (QED) is 0.303. The summed E-state index contributed by atoms with van der Waals surface area (Å²) < 4.78 is 0. The van der Waals surface area contributed by atoms with Crippen molar-refractivity contribution in [1.82, 2.24) is 0 Å². The molecule has 0 N–H and O–H groups in total. The van der Waals surface area contributed by atoms with Gasteiger partial charge in [-0.2, -0.15) is 0 Å². The Hall–Kier alpha value is -0.520. The molecule has 93 valence electrons. The molecular formula is C16H29. The van der Waals surface area contributed by atoms with E-state index in [1.807, 2.05) is 6.08 Å². The fourth-order valence-corrected chi connectivity index (χ4v) is 1.75. The van der Waals surface area contributed by atoms with Crippen molar-refractivity contribution in [2.75, 3.05) is 0 Å². The van der Waals surface area contributed by atoms with Gasteiger partial charge in [-0.15, -0.1) is 0 Å². The van der Waals surface area contributed by atoms with E-state index in [-0.39, 0.29) is 0 Å². The molecule has 0 rings (SSSR count). The molecule has 0 saturated carbocycles. The molecule has 0 aliphatic rings. The van der Waals surface area contributed by atoms with Gasteiger partial charge in [-0.1, -0.05) is 77.0 Å². The van der Waals surface area contributed by atoms with Crippen LogP contribution in [-0.4, -0.2) is 0 Å². The smallest absolute Gasteiger partial charge is 0.0305 e. The number of hydrogen-bond donors (Lipinski definition) is 0. The van der Waals surface area contributed by atoms with Gasteiger partial charge in [0.15, 0.2) is 0 Å². The summed E-state index contributed by atoms with van der Waals surface area (Å²) in [5, 5.41) is 0. The van der Waals surface area contributed by atoms with Gasteiger partial charge in [0.2, 0.25) is 0 Å². The molecule has 0 heterocycles. The second kappa shape index (κ2) is 14.5. The molecule has 0 amide bonds. The molecule has 16 heavy (non-hydrogen) atoms. The third-order valence-corrected chi connectivity index (χ3v) is 2.78. The average molecular weight is 221 g/mol. The molecule has 0 atom stereocenters. The predicted molar refractivity (Wildman–Crippen MR) is 74.5 cm³/mol. The van der Waals surface area contributed by atoms with Crippen LogP contribution in [0.4, 0.5) is 0 Å². The molecule has 0 aromatic heterocycles. The Labute approximate surface area is 103 Å². The second-order valence-electron chi connectivity index (χ2n) is 4.42. The maximum Gasteiger partial charge on any atom is -0.0305 e. The van der Waals surface area contributed by atoms with Crippen molar-refractivity contribution in [3.8, 4) is 0 Å². The van der Waals surface area contributed by atoms with Crippen LogP contribution in [0.3, 0.4) is 0 Å². The largest absolute Gasteiger partial charge is 0.0845 e. The molecule has 0 nitrogen and oxygen atoms in total. The van der Waals surface area contributed by atoms with E-state index in [2.05, 4.69) is 32.1 Å². The molecule has 0 bridgehead atoms. The fourth-order valence-electron chi connectivity index (χ4n) is 1.75. The van der Waals surface area contributed by atoms with E-state index in [1.165, 1.54) is 57.8 Å². The summed E-state index contributed by atoms with van der Waals surface area (Å²) in [6, 6.07) is 0. The summed E-state index contributed by atoms with van der Waals surface area (Å²) in [5.41, 5.74) is 0. The highest BCUT2D eigenvalue weighted by atomic mass is 14.0. The number of allylic oxidation sites excluding steroid dienone is 4. The second-order valence-corrected chi connectivity index (χ2v) is 4.42. The summed E-state index contributed by atoms with van der Waals surface area (Å²) >= 11 is 0. The third kappa shape index (κ3) is 13.5. The van der Waals surface area contributed by atoms with Gasteiger partial charge in [-0.3, -0.25) is 0 Å². The molecule has 0 aliphatic carbocycles. The minimum absolute atomic E-state index is 1.02. The van der Waals surface area contributed by atoms with Crippen molar-refractivity contribution in [1.29, 1.82) is 0 Å². The van der Waals surface area contributed by atoms with E-state index in [1.54, 1.807) is 0 Å². The summed E-state index contributed by atoms with van der Waals surface area (Å²) in [6.07, 6.45) is 23.1. The van der Waals surface area contributed by atoms with Gasteiger partial charge >= 0.3 is 0 Å². The first-order chi connectivity index (χ1) is 7.91. The van der Waals surface area contributed by atoms with E-state index in [9.17, 15) is 0 Å². The van der Waals surface area contributed by atoms with Gasteiger partial charge in [0, 0.05) is 0 Å². The highest BCUT2D eigenvalue weighted by Crippen LogP contribution is 2.09. The molecule has 0 spiro atoms. The Bertz CT molecular complexity index is 165. The van der Waals surface area contributed by atoms with Gasteiger partial charge < -0.3 is 0 Å². The lowest BCUT2D eigenvalue weighted by Crippen LogP contribution is -1.79. The molecule has 0 aromatic rings. The van der Waals surface area contributed by atoms with Crippen LogP contribution >= 0.6 is 0 Å². The van der Waals surface area contributed by atoms with E-state index < -0.39 is 0 Å². The average Bonchev–Trinajstić information content (AvgIpc) is 2.31. The Morgan fingerprint density at radius 2 is 1.44 bits per heavy atom. The van der Waals surface area contributed by atoms with Crippen LogP contribution in [0.2, 0.25) is 0 Å². The van der Waals surface area contributed by atoms with Crippen LogP contribution in [0, 0.1) is 6.08 Å². The number of rotatable bonds is 11. The maximum atomic E-state index is 3.17. The SMILES string of the molecule is CC/[C]=C/C=CCCCCCCCCCC. The van der Waals surface area contributed by atoms with Gasteiger partial charge in [0.05, 0.1) is 0 Å². The van der Waals surface area contributed by atoms with Crippen LogP contribution in [0.25, 0.3) is 0 Å². The molecule has 0 fully saturated rings. The zero-order valence-electron chi connectivity index (χ0n) is 11.3. The van der Waals surface area contributed by atoms with E-state index in [0.29, 0.717) is 0 Å². The summed E-state index contributed by atoms with van der Waals surface area (Å²) in [5.74, 6) is 0. The van der Waals surface area contributed by atoms with E-state index >= 15 is 0 Å². The number of hydrogen-bond acceptors (Lipinski definition) is 0. The van der Waals surface area contributed by atoms with Crippen molar-refractivity contribution in [3.63, 3.8) is 0 Å². The topological polar surface area (TPSA) is 0 Å². The van der Waals surface area contributed by atoms with Crippen molar-refractivity contribution >= 4 is 0 Å². The molecular weight excluding hydrogens is 192 g/mol. The summed E-state index contributed by atoms with van der Waals surface area (Å²) in [7, 11) is 0. The molecule has 0 aromatic carbocycles. The first-order valence-electron chi connectivity index (χ1n) is 7.13. The Morgan fingerprint density at radius 3 is 2.06 bits per heavy atom. The van der Waals surface area contributed by atoms with E-state index in [0.717, 1.165) is 6.42 Å². The molecule has 1 radical (unpaired) electrons. The Kier molecular flexibility index (Phi) is 14.0. The summed E-state index contributed by atoms with van der Waals surface area (Å²) in [4.78, 5) is 0. The van der Waals surface area contributed by atoms with Gasteiger partial charge in [-0.05, 0) is 25.3 Å². The molecule has 0 aliphatic heterocycles. The first-order valence-corrected chi connectivity index (χ1v) is 7.13. The standard InChI is InChI=1S/C16H29/c1-3-5-7-9-11-13-15-16-14-12-10-8-6-4-2/h8,10,12H,3-5,7,9,11,13-16H2,1-2H3. The first kappa shape index (κ1) is 15.5. The van der Waals surface area contributed by atoms with Gasteiger partial charge in [-0.25, -0.2) is 0 Å². The predicted octanol–water partition coefficient (Wildman–Crippen LogP) is 5.84. The van der Waals surface area contributed by atoms with Crippen molar-refractivity contribution in [2.24, 2.45) is 0 Å². The highest BCUT2D eigenvalue weighted by molar-refractivity contribution is 4.98. The highest BCUT2D eigenvalue weighted by Gasteiger charge is 1.89. The molecule has 0 heteroatoms.